The summed E-state index contributed by atoms with van der Waals surface area (Å²) in [5.41, 5.74) is 2.38. The summed E-state index contributed by atoms with van der Waals surface area (Å²) in [5, 5.41) is 0. The first-order chi connectivity index (χ1) is 14.1. The second-order valence-corrected chi connectivity index (χ2v) is 7.36. The zero-order valence-electron chi connectivity index (χ0n) is 16.2. The predicted octanol–water partition coefficient (Wildman–Crippen LogP) is 5.24. The largest absolute Gasteiger partial charge is 0.497 e. The number of carbonyl (C=O) groups is 1. The van der Waals surface area contributed by atoms with Crippen LogP contribution in [0.15, 0.2) is 66.7 Å². The molecule has 5 nitrogen and oxygen atoms in total. The molecular weight excluding hydrogens is 483 g/mol. The molecule has 0 atom stereocenters. The van der Waals surface area contributed by atoms with Gasteiger partial charge in [0.05, 0.1) is 19.8 Å². The molecule has 0 heterocycles. The van der Waals surface area contributed by atoms with Crippen molar-refractivity contribution in [2.24, 2.45) is 0 Å². The summed E-state index contributed by atoms with van der Waals surface area (Å²) < 4.78 is 22.4. The molecular formula is C23H21IO5. The van der Waals surface area contributed by atoms with E-state index in [4.69, 9.17) is 18.9 Å². The molecule has 29 heavy (non-hydrogen) atoms. The predicted molar refractivity (Wildman–Crippen MR) is 119 cm³/mol. The molecule has 0 aromatic heterocycles. The Kier molecular flexibility index (Phi) is 7.35. The number of benzene rings is 3. The lowest BCUT2D eigenvalue weighted by Crippen LogP contribution is -2.08. The van der Waals surface area contributed by atoms with Gasteiger partial charge in [-0.2, -0.15) is 0 Å². The topological polar surface area (TPSA) is 54.0 Å². The summed E-state index contributed by atoms with van der Waals surface area (Å²) in [5.74, 6) is 1.78. The maximum absolute atomic E-state index is 12.5. The van der Waals surface area contributed by atoms with Gasteiger partial charge < -0.3 is 18.9 Å². The van der Waals surface area contributed by atoms with Crippen molar-refractivity contribution in [2.75, 3.05) is 14.2 Å². The SMILES string of the molecule is COc1ccc(COC(=O)c2cc(OCc3ccc(OC)cc3)ccc2I)cc1. The first kappa shape index (κ1) is 21.0. The highest BCUT2D eigenvalue weighted by atomic mass is 127. The van der Waals surface area contributed by atoms with E-state index in [9.17, 15) is 4.79 Å². The van der Waals surface area contributed by atoms with Gasteiger partial charge in [0.25, 0.3) is 0 Å². The molecule has 0 aliphatic rings. The van der Waals surface area contributed by atoms with E-state index in [0.29, 0.717) is 17.9 Å². The maximum Gasteiger partial charge on any atom is 0.339 e. The third kappa shape index (κ3) is 5.87. The van der Waals surface area contributed by atoms with Gasteiger partial charge in [-0.3, -0.25) is 0 Å². The highest BCUT2D eigenvalue weighted by molar-refractivity contribution is 14.1. The van der Waals surface area contributed by atoms with Crippen molar-refractivity contribution in [3.05, 3.63) is 87.0 Å². The Morgan fingerprint density at radius 3 is 1.83 bits per heavy atom. The zero-order chi connectivity index (χ0) is 20.6. The Hall–Kier alpha value is -2.74. The van der Waals surface area contributed by atoms with Crippen molar-refractivity contribution in [3.8, 4) is 17.2 Å². The molecule has 6 heteroatoms. The van der Waals surface area contributed by atoms with Crippen molar-refractivity contribution in [1.82, 2.24) is 0 Å². The molecule has 0 bridgehead atoms. The van der Waals surface area contributed by atoms with Crippen LogP contribution in [0.25, 0.3) is 0 Å². The first-order valence-corrected chi connectivity index (χ1v) is 10.0. The van der Waals surface area contributed by atoms with Gasteiger partial charge in [0.1, 0.15) is 30.5 Å². The van der Waals surface area contributed by atoms with Crippen molar-refractivity contribution < 1.29 is 23.7 Å². The normalized spacial score (nSPS) is 10.3. The van der Waals surface area contributed by atoms with E-state index < -0.39 is 0 Å². The van der Waals surface area contributed by atoms with E-state index in [1.165, 1.54) is 0 Å². The summed E-state index contributed by atoms with van der Waals surface area (Å²) >= 11 is 2.12. The minimum Gasteiger partial charge on any atom is -0.497 e. The number of ether oxygens (including phenoxy) is 4. The number of halogens is 1. The van der Waals surface area contributed by atoms with Gasteiger partial charge in [-0.15, -0.1) is 0 Å². The third-order valence-corrected chi connectivity index (χ3v) is 5.19. The molecule has 0 unspecified atom stereocenters. The maximum atomic E-state index is 12.5. The molecule has 3 aromatic rings. The average molecular weight is 504 g/mol. The Morgan fingerprint density at radius 2 is 1.28 bits per heavy atom. The van der Waals surface area contributed by atoms with Gasteiger partial charge in [-0.05, 0) is 76.2 Å². The molecule has 0 amide bonds. The molecule has 0 saturated carbocycles. The number of methoxy groups -OCH3 is 2. The van der Waals surface area contributed by atoms with E-state index in [1.807, 2.05) is 60.7 Å². The van der Waals surface area contributed by atoms with Gasteiger partial charge in [0.2, 0.25) is 0 Å². The second kappa shape index (κ2) is 10.2. The highest BCUT2D eigenvalue weighted by Crippen LogP contribution is 2.22. The van der Waals surface area contributed by atoms with E-state index in [-0.39, 0.29) is 12.6 Å². The van der Waals surface area contributed by atoms with Crippen LogP contribution in [0, 0.1) is 3.57 Å². The van der Waals surface area contributed by atoms with Gasteiger partial charge in [0.15, 0.2) is 0 Å². The van der Waals surface area contributed by atoms with Crippen molar-refractivity contribution in [2.45, 2.75) is 13.2 Å². The number of hydrogen-bond acceptors (Lipinski definition) is 5. The Bertz CT molecular complexity index is 952. The van der Waals surface area contributed by atoms with Crippen LogP contribution in [0.4, 0.5) is 0 Å². The zero-order valence-corrected chi connectivity index (χ0v) is 18.3. The minimum absolute atomic E-state index is 0.190. The number of rotatable bonds is 8. The Morgan fingerprint density at radius 1 is 0.759 bits per heavy atom. The van der Waals surface area contributed by atoms with Gasteiger partial charge in [-0.1, -0.05) is 24.3 Å². The summed E-state index contributed by atoms with van der Waals surface area (Å²) in [6.45, 7) is 0.584. The summed E-state index contributed by atoms with van der Waals surface area (Å²) in [4.78, 5) is 12.5. The summed E-state index contributed by atoms with van der Waals surface area (Å²) in [6, 6.07) is 20.4. The van der Waals surface area contributed by atoms with Gasteiger partial charge in [-0.25, -0.2) is 4.79 Å². The van der Waals surface area contributed by atoms with Crippen molar-refractivity contribution >= 4 is 28.6 Å². The Labute approximate surface area is 183 Å². The molecule has 0 saturated heterocycles. The van der Waals surface area contributed by atoms with E-state index >= 15 is 0 Å². The fraction of sp³-hybridized carbons (Fsp3) is 0.174. The number of esters is 1. The lowest BCUT2D eigenvalue weighted by atomic mass is 10.2. The standard InChI is InChI=1S/C23H21IO5/c1-26-18-7-3-16(4-8-18)14-28-20-11-12-22(24)21(13-20)23(25)29-15-17-5-9-19(27-2)10-6-17/h3-13H,14-15H2,1-2H3. The lowest BCUT2D eigenvalue weighted by molar-refractivity contribution is 0.0471. The van der Waals surface area contributed by atoms with Crippen molar-refractivity contribution in [3.63, 3.8) is 0 Å². The monoisotopic (exact) mass is 504 g/mol. The van der Waals surface area contributed by atoms with Crippen molar-refractivity contribution in [1.29, 1.82) is 0 Å². The van der Waals surface area contributed by atoms with Gasteiger partial charge in [0, 0.05) is 3.57 Å². The van der Waals surface area contributed by atoms with Crippen LogP contribution in [0.3, 0.4) is 0 Å². The molecule has 0 spiro atoms. The fourth-order valence-corrected chi connectivity index (χ4v) is 3.14. The lowest BCUT2D eigenvalue weighted by Gasteiger charge is -2.11. The second-order valence-electron chi connectivity index (χ2n) is 6.20. The number of hydrogen-bond donors (Lipinski definition) is 0. The van der Waals surface area contributed by atoms with Crippen LogP contribution in [-0.4, -0.2) is 20.2 Å². The summed E-state index contributed by atoms with van der Waals surface area (Å²) in [6.07, 6.45) is 0. The Balaban J connectivity index is 1.61. The molecule has 0 aliphatic heterocycles. The summed E-state index contributed by atoms with van der Waals surface area (Å²) in [7, 11) is 3.24. The quantitative estimate of drug-likeness (QED) is 0.310. The van der Waals surface area contributed by atoms with E-state index in [1.54, 1.807) is 20.3 Å². The molecule has 3 rings (SSSR count). The van der Waals surface area contributed by atoms with Gasteiger partial charge >= 0.3 is 5.97 Å². The first-order valence-electron chi connectivity index (χ1n) is 8.94. The number of carbonyl (C=O) groups excluding carboxylic acids is 1. The molecule has 0 radical (unpaired) electrons. The van der Waals surface area contributed by atoms with Crippen LogP contribution in [-0.2, 0) is 18.0 Å². The average Bonchev–Trinajstić information content (AvgIpc) is 2.77. The van der Waals surface area contributed by atoms with Crippen LogP contribution in [0.2, 0.25) is 0 Å². The van der Waals surface area contributed by atoms with Crippen LogP contribution in [0.5, 0.6) is 17.2 Å². The molecule has 0 fully saturated rings. The third-order valence-electron chi connectivity index (χ3n) is 4.25. The molecule has 0 N–H and O–H groups in total. The van der Waals surface area contributed by atoms with E-state index in [2.05, 4.69) is 22.6 Å². The molecule has 0 aliphatic carbocycles. The fourth-order valence-electron chi connectivity index (χ4n) is 2.59. The molecule has 3 aromatic carbocycles. The smallest absolute Gasteiger partial charge is 0.339 e. The van der Waals surface area contributed by atoms with Crippen LogP contribution >= 0.6 is 22.6 Å². The minimum atomic E-state index is -0.389. The highest BCUT2D eigenvalue weighted by Gasteiger charge is 2.13. The van der Waals surface area contributed by atoms with Crippen LogP contribution < -0.4 is 14.2 Å². The van der Waals surface area contributed by atoms with E-state index in [0.717, 1.165) is 26.2 Å². The van der Waals surface area contributed by atoms with Crippen LogP contribution in [0.1, 0.15) is 21.5 Å². The molecule has 150 valence electrons.